The van der Waals surface area contributed by atoms with Gasteiger partial charge in [-0.2, -0.15) is 5.10 Å². The Bertz CT molecular complexity index is 404. The monoisotopic (exact) mass is 246 g/mol. The van der Waals surface area contributed by atoms with Crippen molar-refractivity contribution in [3.63, 3.8) is 0 Å². The van der Waals surface area contributed by atoms with E-state index >= 15 is 0 Å². The SMILES string of the molecule is NC(N)=NN=Cc1c(Cl)cc(O)cc1Cl. The fourth-order valence-corrected chi connectivity index (χ4v) is 1.42. The zero-order chi connectivity index (χ0) is 11.4. The van der Waals surface area contributed by atoms with Gasteiger partial charge in [-0.1, -0.05) is 23.2 Å². The molecule has 0 aliphatic rings. The Hall–Kier alpha value is -1.46. The number of hydrogen-bond acceptors (Lipinski definition) is 3. The molecule has 15 heavy (non-hydrogen) atoms. The average Bonchev–Trinajstić information content (AvgIpc) is 2.08. The normalized spacial score (nSPS) is 10.5. The van der Waals surface area contributed by atoms with Crippen LogP contribution in [0.4, 0.5) is 0 Å². The Morgan fingerprint density at radius 2 is 1.80 bits per heavy atom. The molecule has 0 aliphatic carbocycles. The first-order chi connectivity index (χ1) is 7.00. The second-order valence-corrected chi connectivity index (χ2v) is 3.41. The standard InChI is InChI=1S/C8H8Cl2N4O/c9-6-1-4(15)2-7(10)5(6)3-13-14-8(11)12/h1-3,15H,(H4,11,12,14). The van der Waals surface area contributed by atoms with E-state index in [1.165, 1.54) is 18.3 Å². The Balaban J connectivity index is 3.05. The van der Waals surface area contributed by atoms with Gasteiger partial charge in [-0.25, -0.2) is 0 Å². The topological polar surface area (TPSA) is 97.0 Å². The van der Waals surface area contributed by atoms with E-state index in [0.29, 0.717) is 5.56 Å². The third kappa shape index (κ3) is 3.30. The van der Waals surface area contributed by atoms with Crippen molar-refractivity contribution in [3.8, 4) is 5.75 Å². The van der Waals surface area contributed by atoms with Gasteiger partial charge in [-0.05, 0) is 12.1 Å². The molecule has 0 spiro atoms. The molecule has 0 unspecified atom stereocenters. The van der Waals surface area contributed by atoms with Crippen molar-refractivity contribution in [1.82, 2.24) is 0 Å². The lowest BCUT2D eigenvalue weighted by Crippen LogP contribution is -2.21. The predicted octanol–water partition coefficient (Wildman–Crippen LogP) is 1.31. The molecule has 0 aromatic heterocycles. The molecule has 5 N–H and O–H groups in total. The first-order valence-electron chi connectivity index (χ1n) is 3.80. The van der Waals surface area contributed by atoms with Crippen LogP contribution in [0.25, 0.3) is 0 Å². The number of phenols is 1. The van der Waals surface area contributed by atoms with E-state index in [1.807, 2.05) is 0 Å². The predicted molar refractivity (Wildman–Crippen MR) is 61.5 cm³/mol. The van der Waals surface area contributed by atoms with Crippen LogP contribution in [0.3, 0.4) is 0 Å². The number of nitrogens with zero attached hydrogens (tertiary/aromatic N) is 2. The molecular weight excluding hydrogens is 239 g/mol. The largest absolute Gasteiger partial charge is 0.508 e. The van der Waals surface area contributed by atoms with Gasteiger partial charge in [0.2, 0.25) is 5.96 Å². The van der Waals surface area contributed by atoms with Gasteiger partial charge in [0.1, 0.15) is 5.75 Å². The summed E-state index contributed by atoms with van der Waals surface area (Å²) in [6.07, 6.45) is 1.30. The molecule has 80 valence electrons. The molecule has 7 heteroatoms. The van der Waals surface area contributed by atoms with E-state index in [4.69, 9.17) is 39.8 Å². The highest BCUT2D eigenvalue weighted by molar-refractivity contribution is 6.38. The minimum atomic E-state index is -0.169. The van der Waals surface area contributed by atoms with Crippen LogP contribution in [0.15, 0.2) is 22.3 Å². The highest BCUT2D eigenvalue weighted by atomic mass is 35.5. The fourth-order valence-electron chi connectivity index (χ4n) is 0.848. The summed E-state index contributed by atoms with van der Waals surface area (Å²) in [6.45, 7) is 0. The van der Waals surface area contributed by atoms with Gasteiger partial charge < -0.3 is 16.6 Å². The summed E-state index contributed by atoms with van der Waals surface area (Å²) in [5, 5.41) is 16.6. The Morgan fingerprint density at radius 3 is 2.27 bits per heavy atom. The molecule has 0 saturated heterocycles. The molecule has 1 aromatic rings. The number of rotatable bonds is 2. The van der Waals surface area contributed by atoms with Gasteiger partial charge in [-0.15, -0.1) is 5.10 Å². The first-order valence-corrected chi connectivity index (χ1v) is 4.56. The van der Waals surface area contributed by atoms with Crippen LogP contribution in [0, 0.1) is 0 Å². The third-order valence-electron chi connectivity index (χ3n) is 1.42. The number of guanidine groups is 1. The van der Waals surface area contributed by atoms with E-state index < -0.39 is 0 Å². The summed E-state index contributed by atoms with van der Waals surface area (Å²) >= 11 is 11.6. The lowest BCUT2D eigenvalue weighted by Gasteiger charge is -2.01. The maximum atomic E-state index is 9.15. The molecule has 0 bridgehead atoms. The van der Waals surface area contributed by atoms with Gasteiger partial charge in [0.25, 0.3) is 0 Å². The number of aromatic hydroxyl groups is 1. The number of phenolic OH excluding ortho intramolecular Hbond substituents is 1. The first kappa shape index (κ1) is 11.6. The van der Waals surface area contributed by atoms with Crippen molar-refractivity contribution in [1.29, 1.82) is 0 Å². The zero-order valence-corrected chi connectivity index (χ0v) is 9.00. The summed E-state index contributed by atoms with van der Waals surface area (Å²) in [4.78, 5) is 0. The summed E-state index contributed by atoms with van der Waals surface area (Å²) in [6, 6.07) is 2.68. The Kier molecular flexibility index (Phi) is 3.76. The minimum absolute atomic E-state index is 0.0241. The summed E-state index contributed by atoms with van der Waals surface area (Å²) in [5.41, 5.74) is 10.6. The van der Waals surface area contributed by atoms with Crippen LogP contribution < -0.4 is 11.5 Å². The van der Waals surface area contributed by atoms with Crippen LogP contribution >= 0.6 is 23.2 Å². The van der Waals surface area contributed by atoms with Gasteiger partial charge in [0.15, 0.2) is 0 Å². The Morgan fingerprint density at radius 1 is 1.27 bits per heavy atom. The van der Waals surface area contributed by atoms with Gasteiger partial charge in [0.05, 0.1) is 16.3 Å². The molecule has 5 nitrogen and oxygen atoms in total. The van der Waals surface area contributed by atoms with E-state index in [2.05, 4.69) is 10.2 Å². The number of benzene rings is 1. The molecular formula is C8H8Cl2N4O. The second kappa shape index (κ2) is 4.86. The lowest BCUT2D eigenvalue weighted by atomic mass is 10.2. The molecule has 0 aliphatic heterocycles. The minimum Gasteiger partial charge on any atom is -0.508 e. The quantitative estimate of drug-likeness (QED) is 0.417. The second-order valence-electron chi connectivity index (χ2n) is 2.59. The van der Waals surface area contributed by atoms with Gasteiger partial charge in [-0.3, -0.25) is 0 Å². The smallest absolute Gasteiger partial charge is 0.211 e. The van der Waals surface area contributed by atoms with Crippen molar-refractivity contribution in [3.05, 3.63) is 27.7 Å². The van der Waals surface area contributed by atoms with Crippen LogP contribution in [0.1, 0.15) is 5.56 Å². The van der Waals surface area contributed by atoms with E-state index in [-0.39, 0.29) is 21.8 Å². The zero-order valence-electron chi connectivity index (χ0n) is 7.48. The van der Waals surface area contributed by atoms with Gasteiger partial charge in [0, 0.05) is 5.56 Å². The summed E-state index contributed by atoms with van der Waals surface area (Å²) < 4.78 is 0. The van der Waals surface area contributed by atoms with Crippen LogP contribution in [0.5, 0.6) is 5.75 Å². The van der Waals surface area contributed by atoms with Crippen molar-refractivity contribution in [2.24, 2.45) is 21.7 Å². The van der Waals surface area contributed by atoms with Crippen molar-refractivity contribution >= 4 is 35.4 Å². The number of nitrogens with two attached hydrogens (primary N) is 2. The molecule has 0 amide bonds. The van der Waals surface area contributed by atoms with Crippen molar-refractivity contribution < 1.29 is 5.11 Å². The van der Waals surface area contributed by atoms with Crippen LogP contribution in [0.2, 0.25) is 10.0 Å². The molecule has 1 aromatic carbocycles. The highest BCUT2D eigenvalue weighted by Crippen LogP contribution is 2.28. The number of hydrogen-bond donors (Lipinski definition) is 3. The molecule has 0 heterocycles. The van der Waals surface area contributed by atoms with Crippen LogP contribution in [-0.2, 0) is 0 Å². The number of halogens is 2. The fraction of sp³-hybridized carbons (Fsp3) is 0. The maximum absolute atomic E-state index is 9.15. The molecule has 0 fully saturated rings. The molecule has 0 saturated carbocycles. The van der Waals surface area contributed by atoms with E-state index in [1.54, 1.807) is 0 Å². The Labute approximate surface area is 96.0 Å². The molecule has 1 rings (SSSR count). The van der Waals surface area contributed by atoms with E-state index in [0.717, 1.165) is 0 Å². The summed E-state index contributed by atoms with van der Waals surface area (Å²) in [5.74, 6) is -0.193. The highest BCUT2D eigenvalue weighted by Gasteiger charge is 2.05. The average molecular weight is 247 g/mol. The maximum Gasteiger partial charge on any atom is 0.211 e. The summed E-state index contributed by atoms with van der Waals surface area (Å²) in [7, 11) is 0. The van der Waals surface area contributed by atoms with Crippen molar-refractivity contribution in [2.75, 3.05) is 0 Å². The third-order valence-corrected chi connectivity index (χ3v) is 2.05. The molecule has 0 radical (unpaired) electrons. The van der Waals surface area contributed by atoms with Crippen molar-refractivity contribution in [2.45, 2.75) is 0 Å². The molecule has 0 atom stereocenters. The van der Waals surface area contributed by atoms with E-state index in [9.17, 15) is 0 Å². The van der Waals surface area contributed by atoms with Crippen LogP contribution in [-0.4, -0.2) is 17.3 Å². The lowest BCUT2D eigenvalue weighted by molar-refractivity contribution is 0.475. The van der Waals surface area contributed by atoms with Gasteiger partial charge >= 0.3 is 0 Å².